The molecule has 1 aromatic rings. The van der Waals surface area contributed by atoms with Crippen LogP contribution in [-0.2, 0) is 19.6 Å². The number of hydrogen-bond donors (Lipinski definition) is 1. The Kier molecular flexibility index (Phi) is 6.90. The molecule has 0 spiro atoms. The Hall–Kier alpha value is -1.73. The van der Waals surface area contributed by atoms with E-state index in [0.29, 0.717) is 4.31 Å². The molecule has 0 unspecified atom stereocenters. The monoisotopic (exact) mass is 369 g/mol. The van der Waals surface area contributed by atoms with Crippen LogP contribution in [0.5, 0.6) is 0 Å². The lowest BCUT2D eigenvalue weighted by atomic mass is 9.86. The molecule has 140 valence electrons. The van der Waals surface area contributed by atoms with Gasteiger partial charge in [-0.2, -0.15) is 0 Å². The van der Waals surface area contributed by atoms with E-state index in [9.17, 15) is 23.1 Å². The third-order valence-electron chi connectivity index (χ3n) is 4.43. The molecule has 0 bridgehead atoms. The fraction of sp³-hybridized carbons (Fsp3) is 0.556. The van der Waals surface area contributed by atoms with Crippen molar-refractivity contribution in [2.45, 2.75) is 45.6 Å². The number of sulfonamides is 1. The van der Waals surface area contributed by atoms with Gasteiger partial charge in [-0.05, 0) is 31.9 Å². The molecule has 0 aliphatic carbocycles. The van der Waals surface area contributed by atoms with Gasteiger partial charge in [-0.25, -0.2) is 12.7 Å². The summed E-state index contributed by atoms with van der Waals surface area (Å²) in [6, 6.07) is 6.12. The van der Waals surface area contributed by atoms with Crippen molar-refractivity contribution in [3.63, 3.8) is 0 Å². The Morgan fingerprint density at radius 3 is 1.96 bits per heavy atom. The molecular formula is C18H27NO5S. The Balaban J connectivity index is 3.01. The lowest BCUT2D eigenvalue weighted by Crippen LogP contribution is -2.43. The van der Waals surface area contributed by atoms with E-state index < -0.39 is 39.7 Å². The van der Waals surface area contributed by atoms with E-state index in [4.69, 9.17) is 0 Å². The number of Topliss-reactive ketones (excluding diaryl/α,β-unsaturated/α-hetero) is 1. The topological polar surface area (TPSA) is 91.8 Å². The standard InChI is InChI=1S/C18H27NO5S/c1-11(2)16(20)13(4)17(21)14(5)18(22)19(6)25(23,24)15-9-7-12(3)8-10-15/h7-11,13-14,16,20H,1-6H3/t13-,14+,16+/m1/s1. The van der Waals surface area contributed by atoms with Crippen LogP contribution in [-0.4, -0.2) is 42.7 Å². The summed E-state index contributed by atoms with van der Waals surface area (Å²) in [4.78, 5) is 24.9. The number of carbonyl (C=O) groups excluding carboxylic acids is 2. The van der Waals surface area contributed by atoms with Gasteiger partial charge in [0.05, 0.1) is 16.9 Å². The number of benzene rings is 1. The van der Waals surface area contributed by atoms with Gasteiger partial charge < -0.3 is 5.11 Å². The van der Waals surface area contributed by atoms with Crippen molar-refractivity contribution in [2.75, 3.05) is 7.05 Å². The second kappa shape index (κ2) is 8.10. The van der Waals surface area contributed by atoms with Crippen LogP contribution in [0, 0.1) is 24.7 Å². The van der Waals surface area contributed by atoms with Crippen molar-refractivity contribution in [3.05, 3.63) is 29.8 Å². The zero-order valence-corrected chi connectivity index (χ0v) is 16.4. The number of amides is 1. The maximum absolute atomic E-state index is 12.6. The van der Waals surface area contributed by atoms with E-state index in [1.54, 1.807) is 32.9 Å². The van der Waals surface area contributed by atoms with Gasteiger partial charge in [-0.15, -0.1) is 0 Å². The zero-order chi connectivity index (χ0) is 19.5. The molecule has 0 radical (unpaired) electrons. The molecule has 6 nitrogen and oxygen atoms in total. The second-order valence-electron chi connectivity index (χ2n) is 6.77. The molecule has 0 aliphatic heterocycles. The van der Waals surface area contributed by atoms with Gasteiger partial charge in [-0.1, -0.05) is 38.5 Å². The molecule has 0 fully saturated rings. The summed E-state index contributed by atoms with van der Waals surface area (Å²) < 4.78 is 25.7. The van der Waals surface area contributed by atoms with Crippen LogP contribution in [0.3, 0.4) is 0 Å². The summed E-state index contributed by atoms with van der Waals surface area (Å²) in [5.41, 5.74) is 0.896. The smallest absolute Gasteiger partial charge is 0.266 e. The molecule has 3 atom stereocenters. The Bertz CT molecular complexity index is 724. The van der Waals surface area contributed by atoms with Gasteiger partial charge in [0.2, 0.25) is 5.91 Å². The third kappa shape index (κ3) is 4.67. The first-order valence-electron chi connectivity index (χ1n) is 8.22. The lowest BCUT2D eigenvalue weighted by molar-refractivity contribution is -0.140. The van der Waals surface area contributed by atoms with Gasteiger partial charge in [0.25, 0.3) is 10.0 Å². The molecular weight excluding hydrogens is 342 g/mol. The molecule has 1 N–H and O–H groups in total. The molecule has 1 rings (SSSR count). The zero-order valence-electron chi connectivity index (χ0n) is 15.6. The lowest BCUT2D eigenvalue weighted by Gasteiger charge is -2.26. The SMILES string of the molecule is Cc1ccc(S(=O)(=O)N(C)C(=O)[C@@H](C)C(=O)[C@H](C)[C@@H](O)C(C)C)cc1. The van der Waals surface area contributed by atoms with Crippen molar-refractivity contribution in [1.29, 1.82) is 0 Å². The quantitative estimate of drug-likeness (QED) is 0.742. The van der Waals surface area contributed by atoms with Crippen LogP contribution in [0.1, 0.15) is 33.3 Å². The summed E-state index contributed by atoms with van der Waals surface area (Å²) >= 11 is 0. The maximum atomic E-state index is 12.6. The van der Waals surface area contributed by atoms with E-state index in [2.05, 4.69) is 0 Å². The van der Waals surface area contributed by atoms with Crippen molar-refractivity contribution < 1.29 is 23.1 Å². The first-order chi connectivity index (χ1) is 11.4. The summed E-state index contributed by atoms with van der Waals surface area (Å²) in [5, 5.41) is 10.0. The highest BCUT2D eigenvalue weighted by atomic mass is 32.2. The first-order valence-corrected chi connectivity index (χ1v) is 9.66. The summed E-state index contributed by atoms with van der Waals surface area (Å²) in [7, 11) is -2.88. The molecule has 0 aromatic heterocycles. The molecule has 0 aliphatic rings. The summed E-state index contributed by atoms with van der Waals surface area (Å²) in [5.74, 6) is -3.34. The van der Waals surface area contributed by atoms with Gasteiger partial charge >= 0.3 is 0 Å². The van der Waals surface area contributed by atoms with E-state index >= 15 is 0 Å². The van der Waals surface area contributed by atoms with Crippen LogP contribution in [0.25, 0.3) is 0 Å². The van der Waals surface area contributed by atoms with Gasteiger partial charge in [-0.3, -0.25) is 9.59 Å². The fourth-order valence-electron chi connectivity index (χ4n) is 2.52. The van der Waals surface area contributed by atoms with E-state index in [0.717, 1.165) is 12.6 Å². The third-order valence-corrected chi connectivity index (χ3v) is 6.20. The van der Waals surface area contributed by atoms with Gasteiger partial charge in [0.1, 0.15) is 5.78 Å². The molecule has 7 heteroatoms. The van der Waals surface area contributed by atoms with Gasteiger partial charge in [0.15, 0.2) is 0 Å². The Labute approximate surface area is 149 Å². The van der Waals surface area contributed by atoms with Crippen LogP contribution in [0.4, 0.5) is 0 Å². The van der Waals surface area contributed by atoms with Crippen LogP contribution in [0.2, 0.25) is 0 Å². The predicted molar refractivity (Wildman–Crippen MR) is 95.3 cm³/mol. The van der Waals surface area contributed by atoms with Crippen molar-refractivity contribution in [2.24, 2.45) is 17.8 Å². The number of nitrogens with zero attached hydrogens (tertiary/aromatic N) is 1. The van der Waals surface area contributed by atoms with E-state index in [1.165, 1.54) is 19.1 Å². The number of carbonyl (C=O) groups is 2. The summed E-state index contributed by atoms with van der Waals surface area (Å²) in [6.45, 7) is 8.29. The number of hydrogen-bond acceptors (Lipinski definition) is 5. The molecule has 0 heterocycles. The average molecular weight is 369 g/mol. The molecule has 25 heavy (non-hydrogen) atoms. The van der Waals surface area contributed by atoms with Crippen molar-refractivity contribution in [1.82, 2.24) is 4.31 Å². The minimum atomic E-state index is -4.03. The van der Waals surface area contributed by atoms with E-state index in [-0.39, 0.29) is 10.8 Å². The van der Waals surface area contributed by atoms with Crippen LogP contribution >= 0.6 is 0 Å². The normalized spacial score (nSPS) is 15.5. The van der Waals surface area contributed by atoms with Crippen molar-refractivity contribution in [3.8, 4) is 0 Å². The van der Waals surface area contributed by atoms with Crippen LogP contribution < -0.4 is 0 Å². The predicted octanol–water partition coefficient (Wildman–Crippen LogP) is 2.00. The molecule has 1 amide bonds. The van der Waals surface area contributed by atoms with Crippen LogP contribution in [0.15, 0.2) is 29.2 Å². The maximum Gasteiger partial charge on any atom is 0.266 e. The Morgan fingerprint density at radius 2 is 1.52 bits per heavy atom. The highest BCUT2D eigenvalue weighted by Gasteiger charge is 2.36. The fourth-order valence-corrected chi connectivity index (χ4v) is 3.71. The second-order valence-corrected chi connectivity index (χ2v) is 8.74. The number of ketones is 1. The molecule has 0 saturated heterocycles. The average Bonchev–Trinajstić information content (AvgIpc) is 2.57. The first kappa shape index (κ1) is 21.3. The van der Waals surface area contributed by atoms with Crippen molar-refractivity contribution >= 4 is 21.7 Å². The van der Waals surface area contributed by atoms with Gasteiger partial charge in [0, 0.05) is 13.0 Å². The molecule has 0 saturated carbocycles. The summed E-state index contributed by atoms with van der Waals surface area (Å²) in [6.07, 6.45) is -0.887. The number of aliphatic hydroxyl groups is 1. The number of aliphatic hydroxyl groups excluding tert-OH is 1. The number of rotatable bonds is 7. The molecule has 1 aromatic carbocycles. The largest absolute Gasteiger partial charge is 0.392 e. The Morgan fingerprint density at radius 1 is 1.04 bits per heavy atom. The number of aryl methyl sites for hydroxylation is 1. The minimum absolute atomic E-state index is 0.0103. The highest BCUT2D eigenvalue weighted by Crippen LogP contribution is 2.21. The van der Waals surface area contributed by atoms with E-state index in [1.807, 2.05) is 6.92 Å². The minimum Gasteiger partial charge on any atom is -0.392 e. The highest BCUT2D eigenvalue weighted by molar-refractivity contribution is 7.89.